The van der Waals surface area contributed by atoms with Crippen LogP contribution in [0.2, 0.25) is 0 Å². The first-order valence-corrected chi connectivity index (χ1v) is 5.58. The molecule has 0 amide bonds. The van der Waals surface area contributed by atoms with Crippen LogP contribution in [0.1, 0.15) is 25.3 Å². The van der Waals surface area contributed by atoms with Gasteiger partial charge in [-0.3, -0.25) is 0 Å². The van der Waals surface area contributed by atoms with Crippen molar-refractivity contribution in [3.63, 3.8) is 0 Å². The second-order valence-corrected chi connectivity index (χ2v) is 4.78. The van der Waals surface area contributed by atoms with E-state index in [0.29, 0.717) is 12.3 Å². The van der Waals surface area contributed by atoms with Crippen LogP contribution in [0.15, 0.2) is 18.2 Å². The first-order chi connectivity index (χ1) is 7.53. The van der Waals surface area contributed by atoms with Crippen LogP contribution in [-0.4, -0.2) is 17.8 Å². The maximum absolute atomic E-state index is 13.4. The molecule has 1 aromatic carbocycles. The van der Waals surface area contributed by atoms with E-state index in [0.717, 1.165) is 18.4 Å². The molecular weight excluding hydrogens is 207 g/mol. The summed E-state index contributed by atoms with van der Waals surface area (Å²) < 4.78 is 18.3. The summed E-state index contributed by atoms with van der Waals surface area (Å²) >= 11 is 0. The van der Waals surface area contributed by atoms with E-state index in [1.54, 1.807) is 12.1 Å². The topological polar surface area (TPSA) is 29.5 Å². The van der Waals surface area contributed by atoms with E-state index < -0.39 is 5.60 Å². The number of halogens is 1. The average molecular weight is 224 g/mol. The van der Waals surface area contributed by atoms with Crippen LogP contribution in [0.25, 0.3) is 0 Å². The molecule has 0 spiro atoms. The number of ether oxygens (including phenoxy) is 1. The van der Waals surface area contributed by atoms with E-state index in [9.17, 15) is 9.50 Å². The minimum absolute atomic E-state index is 0.245. The van der Waals surface area contributed by atoms with Gasteiger partial charge in [-0.25, -0.2) is 4.39 Å². The SMILES string of the molecule is COc1ccc(CC(C)(O)C2CC2)cc1F. The van der Waals surface area contributed by atoms with Gasteiger partial charge in [0.1, 0.15) is 0 Å². The molecule has 1 aromatic rings. The molecule has 1 aliphatic rings. The van der Waals surface area contributed by atoms with Crippen LogP contribution in [0.5, 0.6) is 5.75 Å². The second-order valence-electron chi connectivity index (χ2n) is 4.78. The number of hydrogen-bond acceptors (Lipinski definition) is 2. The summed E-state index contributed by atoms with van der Waals surface area (Å²) in [4.78, 5) is 0. The summed E-state index contributed by atoms with van der Waals surface area (Å²) in [5.74, 6) is 0.249. The minimum Gasteiger partial charge on any atom is -0.494 e. The van der Waals surface area contributed by atoms with Gasteiger partial charge in [-0.05, 0) is 43.4 Å². The Morgan fingerprint density at radius 2 is 2.19 bits per heavy atom. The van der Waals surface area contributed by atoms with E-state index in [4.69, 9.17) is 4.74 Å². The predicted octanol–water partition coefficient (Wildman–Crippen LogP) is 2.54. The van der Waals surface area contributed by atoms with Gasteiger partial charge in [-0.1, -0.05) is 6.07 Å². The zero-order valence-corrected chi connectivity index (χ0v) is 9.66. The Morgan fingerprint density at radius 3 is 2.69 bits per heavy atom. The third kappa shape index (κ3) is 2.35. The molecule has 0 heterocycles. The lowest BCUT2D eigenvalue weighted by atomic mass is 9.92. The van der Waals surface area contributed by atoms with Gasteiger partial charge in [0, 0.05) is 6.42 Å². The van der Waals surface area contributed by atoms with Crippen LogP contribution in [0.4, 0.5) is 4.39 Å². The summed E-state index contributed by atoms with van der Waals surface area (Å²) in [6.45, 7) is 1.83. The number of methoxy groups -OCH3 is 1. The van der Waals surface area contributed by atoms with Crippen molar-refractivity contribution < 1.29 is 14.2 Å². The Kier molecular flexibility index (Phi) is 2.89. The Hall–Kier alpha value is -1.09. The fourth-order valence-electron chi connectivity index (χ4n) is 2.08. The van der Waals surface area contributed by atoms with Crippen molar-refractivity contribution in [3.8, 4) is 5.75 Å². The maximum Gasteiger partial charge on any atom is 0.165 e. The monoisotopic (exact) mass is 224 g/mol. The van der Waals surface area contributed by atoms with Crippen LogP contribution < -0.4 is 4.74 Å². The molecule has 0 aliphatic heterocycles. The van der Waals surface area contributed by atoms with Crippen LogP contribution in [0.3, 0.4) is 0 Å². The molecule has 1 atom stereocenters. The average Bonchev–Trinajstić information content (AvgIpc) is 3.00. The van der Waals surface area contributed by atoms with Gasteiger partial charge >= 0.3 is 0 Å². The summed E-state index contributed by atoms with van der Waals surface area (Å²) in [6.07, 6.45) is 2.65. The molecule has 0 aromatic heterocycles. The normalized spacial score (nSPS) is 19.2. The minimum atomic E-state index is -0.707. The lowest BCUT2D eigenvalue weighted by Crippen LogP contribution is -2.29. The Labute approximate surface area is 95.1 Å². The number of rotatable bonds is 4. The number of aliphatic hydroxyl groups is 1. The second kappa shape index (κ2) is 4.06. The van der Waals surface area contributed by atoms with Gasteiger partial charge in [0.2, 0.25) is 0 Å². The van der Waals surface area contributed by atoms with Gasteiger partial charge in [0.15, 0.2) is 11.6 Å². The molecule has 3 heteroatoms. The molecule has 2 rings (SSSR count). The molecule has 0 bridgehead atoms. The molecule has 16 heavy (non-hydrogen) atoms. The van der Waals surface area contributed by atoms with Gasteiger partial charge in [-0.15, -0.1) is 0 Å². The molecule has 0 saturated heterocycles. The Balaban J connectivity index is 2.12. The van der Waals surface area contributed by atoms with Crippen LogP contribution in [-0.2, 0) is 6.42 Å². The summed E-state index contributed by atoms with van der Waals surface area (Å²) in [7, 11) is 1.44. The molecule has 1 unspecified atom stereocenters. The molecule has 1 N–H and O–H groups in total. The molecule has 88 valence electrons. The molecule has 0 radical (unpaired) electrons. The highest BCUT2D eigenvalue weighted by Gasteiger charge is 2.39. The van der Waals surface area contributed by atoms with Crippen molar-refractivity contribution in [3.05, 3.63) is 29.6 Å². The largest absolute Gasteiger partial charge is 0.494 e. The fourth-order valence-corrected chi connectivity index (χ4v) is 2.08. The molecule has 1 saturated carbocycles. The van der Waals surface area contributed by atoms with Gasteiger partial charge in [0.05, 0.1) is 12.7 Å². The quantitative estimate of drug-likeness (QED) is 0.851. The number of benzene rings is 1. The Bertz CT molecular complexity index is 384. The lowest BCUT2D eigenvalue weighted by molar-refractivity contribution is 0.0371. The van der Waals surface area contributed by atoms with Crippen molar-refractivity contribution >= 4 is 0 Å². The van der Waals surface area contributed by atoms with Crippen molar-refractivity contribution in [2.24, 2.45) is 5.92 Å². The van der Waals surface area contributed by atoms with Crippen molar-refractivity contribution in [2.75, 3.05) is 7.11 Å². The van der Waals surface area contributed by atoms with Gasteiger partial charge < -0.3 is 9.84 Å². The zero-order valence-electron chi connectivity index (χ0n) is 9.66. The van der Waals surface area contributed by atoms with Crippen molar-refractivity contribution in [1.82, 2.24) is 0 Å². The van der Waals surface area contributed by atoms with E-state index >= 15 is 0 Å². The third-order valence-electron chi connectivity index (χ3n) is 3.24. The highest BCUT2D eigenvalue weighted by atomic mass is 19.1. The standard InChI is InChI=1S/C13H17FO2/c1-13(15,10-4-5-10)8-9-3-6-12(16-2)11(14)7-9/h3,6-7,10,15H,4-5,8H2,1-2H3. The smallest absolute Gasteiger partial charge is 0.165 e. The first kappa shape index (κ1) is 11.4. The van der Waals surface area contributed by atoms with Crippen LogP contribution >= 0.6 is 0 Å². The zero-order chi connectivity index (χ0) is 11.8. The highest BCUT2D eigenvalue weighted by molar-refractivity contribution is 5.30. The van der Waals surface area contributed by atoms with E-state index in [1.807, 2.05) is 6.92 Å². The molecule has 1 fully saturated rings. The van der Waals surface area contributed by atoms with Gasteiger partial charge in [-0.2, -0.15) is 0 Å². The van der Waals surface area contributed by atoms with Gasteiger partial charge in [0.25, 0.3) is 0 Å². The lowest BCUT2D eigenvalue weighted by Gasteiger charge is -2.23. The molecule has 1 aliphatic carbocycles. The molecular formula is C13H17FO2. The van der Waals surface area contributed by atoms with E-state index in [-0.39, 0.29) is 11.6 Å². The van der Waals surface area contributed by atoms with Crippen molar-refractivity contribution in [2.45, 2.75) is 31.8 Å². The molecule has 2 nitrogen and oxygen atoms in total. The summed E-state index contributed by atoms with van der Waals surface area (Å²) in [5.41, 5.74) is 0.108. The maximum atomic E-state index is 13.4. The fraction of sp³-hybridized carbons (Fsp3) is 0.538. The summed E-state index contributed by atoms with van der Waals surface area (Å²) in [5, 5.41) is 10.2. The van der Waals surface area contributed by atoms with Crippen LogP contribution in [0, 0.1) is 11.7 Å². The van der Waals surface area contributed by atoms with E-state index in [2.05, 4.69) is 0 Å². The van der Waals surface area contributed by atoms with Crippen molar-refractivity contribution in [1.29, 1.82) is 0 Å². The highest BCUT2D eigenvalue weighted by Crippen LogP contribution is 2.41. The third-order valence-corrected chi connectivity index (χ3v) is 3.24. The van der Waals surface area contributed by atoms with E-state index in [1.165, 1.54) is 13.2 Å². The summed E-state index contributed by atoms with van der Waals surface area (Å²) in [6, 6.07) is 4.85. The first-order valence-electron chi connectivity index (χ1n) is 5.58. The Morgan fingerprint density at radius 1 is 1.50 bits per heavy atom. The number of hydrogen-bond donors (Lipinski definition) is 1. The predicted molar refractivity (Wildman–Crippen MR) is 60.0 cm³/mol.